The summed E-state index contributed by atoms with van der Waals surface area (Å²) in [6.45, 7) is 3.84. The lowest BCUT2D eigenvalue weighted by Gasteiger charge is -2.30. The van der Waals surface area contributed by atoms with Crippen molar-refractivity contribution in [2.75, 3.05) is 18.0 Å². The monoisotopic (exact) mass is 271 g/mol. The largest absolute Gasteiger partial charge is 0.573 e. The van der Waals surface area contributed by atoms with Gasteiger partial charge in [0.25, 0.3) is 0 Å². The topological polar surface area (TPSA) is 12.5 Å². The lowest BCUT2D eigenvalue weighted by atomic mass is 10.0. The maximum atomic E-state index is 12.0. The van der Waals surface area contributed by atoms with Crippen molar-refractivity contribution in [2.24, 2.45) is 0 Å². The first-order valence-electron chi connectivity index (χ1n) is 6.23. The van der Waals surface area contributed by atoms with Crippen LogP contribution in [0.15, 0.2) is 35.9 Å². The highest BCUT2D eigenvalue weighted by molar-refractivity contribution is 5.50. The Hall–Kier alpha value is -1.65. The van der Waals surface area contributed by atoms with Crippen molar-refractivity contribution >= 4 is 5.69 Å². The van der Waals surface area contributed by atoms with E-state index in [1.807, 2.05) is 6.92 Å². The third-order valence-corrected chi connectivity index (χ3v) is 3.25. The van der Waals surface area contributed by atoms with Crippen LogP contribution < -0.4 is 9.64 Å². The number of halogens is 3. The molecule has 0 spiro atoms. The van der Waals surface area contributed by atoms with Crippen LogP contribution in [0.5, 0.6) is 5.75 Å². The van der Waals surface area contributed by atoms with Gasteiger partial charge in [-0.3, -0.25) is 0 Å². The molecule has 2 nitrogen and oxygen atoms in total. The van der Waals surface area contributed by atoms with Gasteiger partial charge < -0.3 is 9.64 Å². The summed E-state index contributed by atoms with van der Waals surface area (Å²) in [6.07, 6.45) is -0.473. The Morgan fingerprint density at radius 3 is 2.16 bits per heavy atom. The number of hydrogen-bond acceptors (Lipinski definition) is 2. The standard InChI is InChI=1S/C14H16F3NO/c1-2-11-7-9-18(10-8-11)12-3-5-13(6-4-12)19-14(15,16)17/h2-6H,7-10H2,1H3. The minimum Gasteiger partial charge on any atom is -0.406 e. The van der Waals surface area contributed by atoms with E-state index in [0.29, 0.717) is 0 Å². The zero-order chi connectivity index (χ0) is 13.9. The molecule has 1 aliphatic heterocycles. The van der Waals surface area contributed by atoms with Gasteiger partial charge in [-0.2, -0.15) is 0 Å². The molecule has 1 aliphatic rings. The number of allylic oxidation sites excluding steroid dienone is 1. The van der Waals surface area contributed by atoms with Crippen LogP contribution in [0, 0.1) is 0 Å². The minimum absolute atomic E-state index is 0.178. The molecular formula is C14H16F3NO. The third-order valence-electron chi connectivity index (χ3n) is 3.25. The summed E-state index contributed by atoms with van der Waals surface area (Å²) in [6, 6.07) is 6.05. The molecule has 0 aliphatic carbocycles. The molecule has 1 aromatic carbocycles. The summed E-state index contributed by atoms with van der Waals surface area (Å²) in [7, 11) is 0. The van der Waals surface area contributed by atoms with Crippen LogP contribution in [-0.4, -0.2) is 19.5 Å². The first-order valence-corrected chi connectivity index (χ1v) is 6.23. The molecule has 1 saturated heterocycles. The molecular weight excluding hydrogens is 255 g/mol. The van der Waals surface area contributed by atoms with Crippen molar-refractivity contribution in [3.8, 4) is 5.75 Å². The molecule has 1 heterocycles. The van der Waals surface area contributed by atoms with Crippen LogP contribution in [0.2, 0.25) is 0 Å². The number of benzene rings is 1. The Bertz CT molecular complexity index is 441. The van der Waals surface area contributed by atoms with Crippen LogP contribution in [0.4, 0.5) is 18.9 Å². The van der Waals surface area contributed by atoms with Gasteiger partial charge in [0.2, 0.25) is 0 Å². The van der Waals surface area contributed by atoms with Crippen molar-refractivity contribution in [3.63, 3.8) is 0 Å². The van der Waals surface area contributed by atoms with Gasteiger partial charge in [-0.15, -0.1) is 13.2 Å². The van der Waals surface area contributed by atoms with Crippen LogP contribution >= 0.6 is 0 Å². The molecule has 1 aromatic rings. The number of rotatable bonds is 2. The molecule has 0 aromatic heterocycles. The maximum absolute atomic E-state index is 12.0. The van der Waals surface area contributed by atoms with Gasteiger partial charge in [0.1, 0.15) is 5.75 Å². The van der Waals surface area contributed by atoms with E-state index in [2.05, 4.69) is 15.7 Å². The highest BCUT2D eigenvalue weighted by atomic mass is 19.4. The zero-order valence-electron chi connectivity index (χ0n) is 10.7. The molecule has 104 valence electrons. The minimum atomic E-state index is -4.63. The fourth-order valence-corrected chi connectivity index (χ4v) is 2.20. The quantitative estimate of drug-likeness (QED) is 0.750. The van der Waals surface area contributed by atoms with Crippen molar-refractivity contribution < 1.29 is 17.9 Å². The van der Waals surface area contributed by atoms with Crippen LogP contribution in [0.1, 0.15) is 19.8 Å². The molecule has 0 bridgehead atoms. The summed E-state index contributed by atoms with van der Waals surface area (Å²) in [5, 5.41) is 0. The first-order chi connectivity index (χ1) is 8.98. The van der Waals surface area contributed by atoms with Crippen molar-refractivity contribution in [3.05, 3.63) is 35.9 Å². The van der Waals surface area contributed by atoms with Crippen molar-refractivity contribution in [1.82, 2.24) is 0 Å². The highest BCUT2D eigenvalue weighted by Gasteiger charge is 2.31. The summed E-state index contributed by atoms with van der Waals surface area (Å²) in [5.74, 6) is -0.178. The van der Waals surface area contributed by atoms with Gasteiger partial charge in [-0.05, 0) is 44.0 Å². The number of alkyl halides is 3. The molecule has 0 saturated carbocycles. The lowest BCUT2D eigenvalue weighted by molar-refractivity contribution is -0.274. The van der Waals surface area contributed by atoms with E-state index < -0.39 is 6.36 Å². The molecule has 0 N–H and O–H groups in total. The van der Waals surface area contributed by atoms with E-state index in [1.54, 1.807) is 12.1 Å². The third kappa shape index (κ3) is 3.91. The van der Waals surface area contributed by atoms with Gasteiger partial charge in [0.05, 0.1) is 0 Å². The predicted molar refractivity (Wildman–Crippen MR) is 68.3 cm³/mol. The number of ether oxygens (including phenoxy) is 1. The molecule has 0 radical (unpaired) electrons. The van der Waals surface area contributed by atoms with E-state index >= 15 is 0 Å². The number of anilines is 1. The van der Waals surface area contributed by atoms with Gasteiger partial charge in [0, 0.05) is 18.8 Å². The fourth-order valence-electron chi connectivity index (χ4n) is 2.20. The van der Waals surface area contributed by atoms with Gasteiger partial charge in [-0.25, -0.2) is 0 Å². The average molecular weight is 271 g/mol. The van der Waals surface area contributed by atoms with Crippen molar-refractivity contribution in [2.45, 2.75) is 26.1 Å². The Kier molecular flexibility index (Phi) is 4.02. The number of piperidine rings is 1. The molecule has 2 rings (SSSR count). The molecule has 1 fully saturated rings. The predicted octanol–water partition coefficient (Wildman–Crippen LogP) is 4.13. The summed E-state index contributed by atoms with van der Waals surface area (Å²) >= 11 is 0. The Morgan fingerprint density at radius 1 is 1.11 bits per heavy atom. The van der Waals surface area contributed by atoms with E-state index in [-0.39, 0.29) is 5.75 Å². The second kappa shape index (κ2) is 5.55. The Labute approximate surface area is 110 Å². The van der Waals surface area contributed by atoms with Gasteiger partial charge in [-0.1, -0.05) is 11.6 Å². The number of nitrogens with zero attached hydrogens (tertiary/aromatic N) is 1. The second-order valence-electron chi connectivity index (χ2n) is 4.48. The summed E-state index contributed by atoms with van der Waals surface area (Å²) in [4.78, 5) is 2.17. The van der Waals surface area contributed by atoms with E-state index in [9.17, 15) is 13.2 Å². The molecule has 5 heteroatoms. The average Bonchev–Trinajstić information content (AvgIpc) is 2.38. The van der Waals surface area contributed by atoms with Gasteiger partial charge >= 0.3 is 6.36 Å². The zero-order valence-corrected chi connectivity index (χ0v) is 10.7. The maximum Gasteiger partial charge on any atom is 0.573 e. The number of hydrogen-bond donors (Lipinski definition) is 0. The lowest BCUT2D eigenvalue weighted by Crippen LogP contribution is -2.30. The van der Waals surface area contributed by atoms with Crippen LogP contribution in [-0.2, 0) is 0 Å². The molecule has 0 atom stereocenters. The molecule has 19 heavy (non-hydrogen) atoms. The second-order valence-corrected chi connectivity index (χ2v) is 4.48. The Balaban J connectivity index is 1.99. The van der Waals surface area contributed by atoms with Crippen LogP contribution in [0.25, 0.3) is 0 Å². The first kappa shape index (κ1) is 13.8. The fraction of sp³-hybridized carbons (Fsp3) is 0.429. The smallest absolute Gasteiger partial charge is 0.406 e. The molecule has 0 unspecified atom stereocenters. The van der Waals surface area contributed by atoms with E-state index in [4.69, 9.17) is 0 Å². The van der Waals surface area contributed by atoms with Crippen LogP contribution in [0.3, 0.4) is 0 Å². The van der Waals surface area contributed by atoms with Crippen molar-refractivity contribution in [1.29, 1.82) is 0 Å². The van der Waals surface area contributed by atoms with E-state index in [0.717, 1.165) is 31.6 Å². The summed E-state index contributed by atoms with van der Waals surface area (Å²) in [5.41, 5.74) is 2.37. The normalized spacial score (nSPS) is 16.4. The Morgan fingerprint density at radius 2 is 1.68 bits per heavy atom. The van der Waals surface area contributed by atoms with E-state index in [1.165, 1.54) is 17.7 Å². The highest BCUT2D eigenvalue weighted by Crippen LogP contribution is 2.27. The van der Waals surface area contributed by atoms with Gasteiger partial charge in [0.15, 0.2) is 0 Å². The molecule has 0 amide bonds. The SMILES string of the molecule is CC=C1CCN(c2ccc(OC(F)(F)F)cc2)CC1. The summed E-state index contributed by atoms with van der Waals surface area (Å²) < 4.78 is 40.0.